The Kier molecular flexibility index (Phi) is 7.12. The topological polar surface area (TPSA) is 98.6 Å². The molecule has 0 aliphatic carbocycles. The van der Waals surface area contributed by atoms with Crippen molar-refractivity contribution in [3.05, 3.63) is 54.2 Å². The first kappa shape index (κ1) is 25.3. The SMILES string of the molecule is COc1cc(F)c(Nc2nn(C3CCOCC3)c3nc(Nc4ccc(N5CCOCC5)cc4)ncc23)c(F)c1. The molecule has 10 nitrogen and oxygen atoms in total. The number of rotatable bonds is 7. The molecule has 0 unspecified atom stereocenters. The Bertz CT molecular complexity index is 1430. The van der Waals surface area contributed by atoms with Gasteiger partial charge in [0.25, 0.3) is 0 Å². The Morgan fingerprint density at radius 3 is 2.33 bits per heavy atom. The van der Waals surface area contributed by atoms with Crippen LogP contribution in [0.15, 0.2) is 42.6 Å². The summed E-state index contributed by atoms with van der Waals surface area (Å²) in [6.45, 7) is 4.38. The molecule has 2 saturated heterocycles. The lowest BCUT2D eigenvalue weighted by atomic mass is 10.1. The highest BCUT2D eigenvalue weighted by atomic mass is 19.1. The summed E-state index contributed by atoms with van der Waals surface area (Å²) in [5, 5.41) is 11.3. The molecule has 4 heterocycles. The zero-order valence-electron chi connectivity index (χ0n) is 21.5. The van der Waals surface area contributed by atoms with Gasteiger partial charge < -0.3 is 29.7 Å². The second-order valence-electron chi connectivity index (χ2n) is 9.43. The molecule has 204 valence electrons. The zero-order chi connectivity index (χ0) is 26.8. The molecule has 0 radical (unpaired) electrons. The third-order valence-electron chi connectivity index (χ3n) is 6.98. The molecule has 0 spiro atoms. The minimum Gasteiger partial charge on any atom is -0.497 e. The van der Waals surface area contributed by atoms with Crippen molar-refractivity contribution in [2.45, 2.75) is 18.9 Å². The summed E-state index contributed by atoms with van der Waals surface area (Å²) in [7, 11) is 1.35. The average Bonchev–Trinajstić information content (AvgIpc) is 3.33. The van der Waals surface area contributed by atoms with Crippen LogP contribution < -0.4 is 20.3 Å². The fraction of sp³-hybridized carbons (Fsp3) is 0.370. The summed E-state index contributed by atoms with van der Waals surface area (Å²) in [6.07, 6.45) is 3.10. The van der Waals surface area contributed by atoms with E-state index in [1.165, 1.54) is 7.11 Å². The molecule has 2 fully saturated rings. The predicted octanol–water partition coefficient (Wildman–Crippen LogP) is 4.79. The molecule has 2 aliphatic rings. The maximum atomic E-state index is 14.7. The summed E-state index contributed by atoms with van der Waals surface area (Å²) >= 11 is 0. The number of ether oxygens (including phenoxy) is 3. The molecule has 4 aromatic rings. The number of morpholine rings is 1. The van der Waals surface area contributed by atoms with Crippen molar-refractivity contribution < 1.29 is 23.0 Å². The molecule has 2 aliphatic heterocycles. The van der Waals surface area contributed by atoms with Crippen molar-refractivity contribution in [3.63, 3.8) is 0 Å². The average molecular weight is 538 g/mol. The van der Waals surface area contributed by atoms with Crippen molar-refractivity contribution in [1.82, 2.24) is 19.7 Å². The number of nitrogens with zero attached hydrogens (tertiary/aromatic N) is 5. The first-order valence-electron chi connectivity index (χ1n) is 12.9. The number of nitrogens with one attached hydrogen (secondary N) is 2. The van der Waals surface area contributed by atoms with E-state index in [0.29, 0.717) is 30.2 Å². The predicted molar refractivity (Wildman–Crippen MR) is 143 cm³/mol. The molecule has 0 bridgehead atoms. The molecule has 6 rings (SSSR count). The fourth-order valence-corrected chi connectivity index (χ4v) is 4.87. The van der Waals surface area contributed by atoms with Crippen molar-refractivity contribution in [3.8, 4) is 5.75 Å². The highest BCUT2D eigenvalue weighted by Crippen LogP contribution is 2.33. The smallest absolute Gasteiger partial charge is 0.229 e. The van der Waals surface area contributed by atoms with Crippen LogP contribution in [-0.2, 0) is 9.47 Å². The van der Waals surface area contributed by atoms with E-state index in [4.69, 9.17) is 19.2 Å². The number of methoxy groups -OCH3 is 1. The Hall–Kier alpha value is -4.03. The Labute approximate surface area is 223 Å². The van der Waals surface area contributed by atoms with Crippen LogP contribution in [0.5, 0.6) is 5.75 Å². The van der Waals surface area contributed by atoms with Gasteiger partial charge in [-0.05, 0) is 37.1 Å². The fourth-order valence-electron chi connectivity index (χ4n) is 4.87. The molecule has 12 heteroatoms. The summed E-state index contributed by atoms with van der Waals surface area (Å²) in [4.78, 5) is 11.5. The van der Waals surface area contributed by atoms with Gasteiger partial charge >= 0.3 is 0 Å². The summed E-state index contributed by atoms with van der Waals surface area (Å²) in [5.74, 6) is -0.838. The maximum absolute atomic E-state index is 14.7. The van der Waals surface area contributed by atoms with E-state index in [2.05, 4.69) is 37.7 Å². The van der Waals surface area contributed by atoms with Crippen LogP contribution in [0.2, 0.25) is 0 Å². The quantitative estimate of drug-likeness (QED) is 0.345. The lowest BCUT2D eigenvalue weighted by Gasteiger charge is -2.28. The van der Waals surface area contributed by atoms with Gasteiger partial charge in [-0.2, -0.15) is 10.1 Å². The van der Waals surface area contributed by atoms with Crippen LogP contribution in [0.4, 0.5) is 37.6 Å². The minimum atomic E-state index is -0.791. The van der Waals surface area contributed by atoms with E-state index in [-0.39, 0.29) is 23.3 Å². The van der Waals surface area contributed by atoms with E-state index in [9.17, 15) is 8.78 Å². The van der Waals surface area contributed by atoms with Gasteiger partial charge in [0.05, 0.1) is 31.8 Å². The Balaban J connectivity index is 1.31. The summed E-state index contributed by atoms with van der Waals surface area (Å²) in [6, 6.07) is 10.3. The van der Waals surface area contributed by atoms with Gasteiger partial charge in [-0.3, -0.25) is 0 Å². The van der Waals surface area contributed by atoms with E-state index < -0.39 is 11.6 Å². The molecule has 2 aromatic carbocycles. The number of hydrogen-bond acceptors (Lipinski definition) is 9. The van der Waals surface area contributed by atoms with E-state index in [0.717, 1.165) is 62.7 Å². The second kappa shape index (κ2) is 11.0. The van der Waals surface area contributed by atoms with Crippen LogP contribution >= 0.6 is 0 Å². The summed E-state index contributed by atoms with van der Waals surface area (Å²) < 4.78 is 47.1. The standard InChI is InChI=1S/C27H29F2N7O3/c1-37-20-14-22(28)24(23(29)15-20)32-25-21-16-30-27(33-26(21)36(34-25)19-6-10-38-11-7-19)31-17-2-4-18(5-3-17)35-8-12-39-13-9-35/h2-5,14-16,19H,6-13H2,1H3,(H,32,34)(H,30,31,33). The monoisotopic (exact) mass is 537 g/mol. The molecular formula is C27H29F2N7O3. The van der Waals surface area contributed by atoms with Crippen molar-refractivity contribution in [1.29, 1.82) is 0 Å². The highest BCUT2D eigenvalue weighted by Gasteiger charge is 2.24. The number of anilines is 5. The van der Waals surface area contributed by atoms with Gasteiger partial charge in [0, 0.05) is 56.0 Å². The minimum absolute atomic E-state index is 0.0258. The molecule has 0 amide bonds. The number of benzene rings is 2. The van der Waals surface area contributed by atoms with E-state index in [1.54, 1.807) is 10.9 Å². The van der Waals surface area contributed by atoms with Crippen LogP contribution in [0, 0.1) is 11.6 Å². The second-order valence-corrected chi connectivity index (χ2v) is 9.43. The third kappa shape index (κ3) is 5.30. The number of halogens is 2. The first-order valence-corrected chi connectivity index (χ1v) is 12.9. The van der Waals surface area contributed by atoms with Crippen LogP contribution in [0.1, 0.15) is 18.9 Å². The van der Waals surface area contributed by atoms with E-state index >= 15 is 0 Å². The van der Waals surface area contributed by atoms with Crippen LogP contribution in [0.25, 0.3) is 11.0 Å². The van der Waals surface area contributed by atoms with Crippen LogP contribution in [0.3, 0.4) is 0 Å². The van der Waals surface area contributed by atoms with E-state index in [1.807, 2.05) is 12.1 Å². The molecule has 0 saturated carbocycles. The number of hydrogen-bond donors (Lipinski definition) is 2. The van der Waals surface area contributed by atoms with Crippen LogP contribution in [-0.4, -0.2) is 66.4 Å². The normalized spacial score (nSPS) is 16.4. The molecule has 2 aromatic heterocycles. The van der Waals surface area contributed by atoms with Gasteiger partial charge in [0.1, 0.15) is 11.4 Å². The highest BCUT2D eigenvalue weighted by molar-refractivity contribution is 5.90. The van der Waals surface area contributed by atoms with Gasteiger partial charge in [-0.1, -0.05) is 0 Å². The molecular weight excluding hydrogens is 508 g/mol. The zero-order valence-corrected chi connectivity index (χ0v) is 21.5. The largest absolute Gasteiger partial charge is 0.497 e. The molecule has 2 N–H and O–H groups in total. The van der Waals surface area contributed by atoms with Gasteiger partial charge in [0.15, 0.2) is 23.1 Å². The van der Waals surface area contributed by atoms with Gasteiger partial charge in [-0.25, -0.2) is 18.4 Å². The third-order valence-corrected chi connectivity index (χ3v) is 6.98. The van der Waals surface area contributed by atoms with Crippen molar-refractivity contribution in [2.75, 3.05) is 62.2 Å². The van der Waals surface area contributed by atoms with Crippen molar-refractivity contribution >= 4 is 39.9 Å². The maximum Gasteiger partial charge on any atom is 0.229 e. The molecule has 0 atom stereocenters. The lowest BCUT2D eigenvalue weighted by Crippen LogP contribution is -2.36. The first-order chi connectivity index (χ1) is 19.1. The lowest BCUT2D eigenvalue weighted by molar-refractivity contribution is 0.0674. The van der Waals surface area contributed by atoms with Crippen molar-refractivity contribution in [2.24, 2.45) is 0 Å². The Morgan fingerprint density at radius 1 is 0.949 bits per heavy atom. The number of aromatic nitrogens is 4. The molecule has 39 heavy (non-hydrogen) atoms. The van der Waals surface area contributed by atoms with Gasteiger partial charge in [0.2, 0.25) is 5.95 Å². The number of fused-ring (bicyclic) bond motifs is 1. The Morgan fingerprint density at radius 2 is 1.64 bits per heavy atom. The van der Waals surface area contributed by atoms with Gasteiger partial charge in [-0.15, -0.1) is 0 Å². The summed E-state index contributed by atoms with van der Waals surface area (Å²) in [5.41, 5.74) is 2.20.